The van der Waals surface area contributed by atoms with Gasteiger partial charge in [0.25, 0.3) is 0 Å². The van der Waals surface area contributed by atoms with Crippen molar-refractivity contribution in [2.45, 2.75) is 71.4 Å². The smallest absolute Gasteiger partial charge is 0.103 e. The highest BCUT2D eigenvalue weighted by Gasteiger charge is 2.35. The van der Waals surface area contributed by atoms with E-state index in [1.807, 2.05) is 0 Å². The van der Waals surface area contributed by atoms with Crippen LogP contribution in [0, 0.1) is 23.7 Å². The van der Waals surface area contributed by atoms with Crippen LogP contribution in [0.3, 0.4) is 0 Å². The standard InChI is InChI=1S/C15H27F/c1-3-12-5-7-13(8-6-12)14-9-4-11(2)10-15(14)16/h11-15H,3-10H2,1-2H3. The van der Waals surface area contributed by atoms with E-state index in [2.05, 4.69) is 13.8 Å². The lowest BCUT2D eigenvalue weighted by atomic mass is 9.68. The van der Waals surface area contributed by atoms with Crippen molar-refractivity contribution in [2.24, 2.45) is 23.7 Å². The highest BCUT2D eigenvalue weighted by Crippen LogP contribution is 2.42. The topological polar surface area (TPSA) is 0 Å². The third-order valence-corrected chi connectivity index (χ3v) is 5.16. The van der Waals surface area contributed by atoms with Gasteiger partial charge in [-0.05, 0) is 49.4 Å². The Balaban J connectivity index is 1.84. The van der Waals surface area contributed by atoms with Crippen LogP contribution in [0.2, 0.25) is 0 Å². The molecule has 0 bridgehead atoms. The van der Waals surface area contributed by atoms with Crippen LogP contribution in [0.15, 0.2) is 0 Å². The maximum Gasteiger partial charge on any atom is 0.103 e. The van der Waals surface area contributed by atoms with Crippen molar-refractivity contribution in [3.05, 3.63) is 0 Å². The minimum Gasteiger partial charge on any atom is -0.247 e. The minimum atomic E-state index is -0.494. The SMILES string of the molecule is CCC1CCC(C2CCC(C)CC2F)CC1. The van der Waals surface area contributed by atoms with Crippen LogP contribution in [0.5, 0.6) is 0 Å². The molecular weight excluding hydrogens is 199 g/mol. The van der Waals surface area contributed by atoms with Gasteiger partial charge in [0.05, 0.1) is 0 Å². The normalized spacial score (nSPS) is 45.6. The Labute approximate surface area is 100 Å². The molecule has 0 amide bonds. The molecule has 0 nitrogen and oxygen atoms in total. The van der Waals surface area contributed by atoms with E-state index >= 15 is 0 Å². The van der Waals surface area contributed by atoms with Gasteiger partial charge in [-0.15, -0.1) is 0 Å². The van der Waals surface area contributed by atoms with Crippen molar-refractivity contribution in [1.82, 2.24) is 0 Å². The number of hydrogen-bond acceptors (Lipinski definition) is 0. The molecule has 0 N–H and O–H groups in total. The Morgan fingerprint density at radius 1 is 1.00 bits per heavy atom. The molecule has 3 unspecified atom stereocenters. The summed E-state index contributed by atoms with van der Waals surface area (Å²) in [6.45, 7) is 4.50. The molecule has 0 aromatic carbocycles. The Morgan fingerprint density at radius 3 is 2.25 bits per heavy atom. The van der Waals surface area contributed by atoms with Gasteiger partial charge < -0.3 is 0 Å². The molecule has 0 aromatic heterocycles. The second kappa shape index (κ2) is 5.51. The molecule has 16 heavy (non-hydrogen) atoms. The average molecular weight is 226 g/mol. The Hall–Kier alpha value is -0.0700. The lowest BCUT2D eigenvalue weighted by Gasteiger charge is -2.39. The van der Waals surface area contributed by atoms with Gasteiger partial charge in [-0.25, -0.2) is 4.39 Å². The molecule has 0 radical (unpaired) electrons. The highest BCUT2D eigenvalue weighted by molar-refractivity contribution is 4.85. The molecule has 0 saturated heterocycles. The van der Waals surface area contributed by atoms with Crippen LogP contribution < -0.4 is 0 Å². The molecule has 2 saturated carbocycles. The van der Waals surface area contributed by atoms with E-state index in [1.54, 1.807) is 0 Å². The second-order valence-corrected chi connectivity index (χ2v) is 6.29. The summed E-state index contributed by atoms with van der Waals surface area (Å²) in [5, 5.41) is 0. The first-order valence-corrected chi connectivity index (χ1v) is 7.34. The number of hydrogen-bond donors (Lipinski definition) is 0. The zero-order valence-electron chi connectivity index (χ0n) is 10.9. The lowest BCUT2D eigenvalue weighted by molar-refractivity contribution is 0.0625. The van der Waals surface area contributed by atoms with Gasteiger partial charge in [0, 0.05) is 0 Å². The van der Waals surface area contributed by atoms with E-state index in [-0.39, 0.29) is 0 Å². The second-order valence-electron chi connectivity index (χ2n) is 6.29. The fraction of sp³-hybridized carbons (Fsp3) is 1.00. The molecular formula is C15H27F. The monoisotopic (exact) mass is 226 g/mol. The average Bonchev–Trinajstić information content (AvgIpc) is 2.29. The molecule has 2 fully saturated rings. The molecule has 2 aliphatic carbocycles. The molecule has 2 aliphatic rings. The van der Waals surface area contributed by atoms with Crippen LogP contribution >= 0.6 is 0 Å². The summed E-state index contributed by atoms with van der Waals surface area (Å²) >= 11 is 0. The van der Waals surface area contributed by atoms with E-state index in [4.69, 9.17) is 0 Å². The van der Waals surface area contributed by atoms with E-state index in [0.717, 1.165) is 18.8 Å². The first kappa shape index (κ1) is 12.4. The summed E-state index contributed by atoms with van der Waals surface area (Å²) in [5.41, 5.74) is 0. The fourth-order valence-corrected chi connectivity index (χ4v) is 3.89. The first-order valence-electron chi connectivity index (χ1n) is 7.34. The largest absolute Gasteiger partial charge is 0.247 e. The van der Waals surface area contributed by atoms with Crippen LogP contribution in [-0.4, -0.2) is 6.17 Å². The number of rotatable bonds is 2. The molecule has 2 rings (SSSR count). The van der Waals surface area contributed by atoms with E-state index in [0.29, 0.717) is 17.8 Å². The minimum absolute atomic E-state index is 0.411. The highest BCUT2D eigenvalue weighted by atomic mass is 19.1. The van der Waals surface area contributed by atoms with Gasteiger partial charge >= 0.3 is 0 Å². The van der Waals surface area contributed by atoms with E-state index in [9.17, 15) is 4.39 Å². The predicted molar refractivity (Wildman–Crippen MR) is 67.1 cm³/mol. The summed E-state index contributed by atoms with van der Waals surface area (Å²) in [5.74, 6) is 2.69. The van der Waals surface area contributed by atoms with Gasteiger partial charge in [-0.3, -0.25) is 0 Å². The van der Waals surface area contributed by atoms with Crippen LogP contribution in [0.4, 0.5) is 4.39 Å². The van der Waals surface area contributed by atoms with E-state index in [1.165, 1.54) is 38.5 Å². The van der Waals surface area contributed by atoms with Gasteiger partial charge in [-0.2, -0.15) is 0 Å². The zero-order chi connectivity index (χ0) is 11.5. The summed E-state index contributed by atoms with van der Waals surface area (Å²) < 4.78 is 14.1. The van der Waals surface area contributed by atoms with Gasteiger partial charge in [0.2, 0.25) is 0 Å². The molecule has 0 aromatic rings. The van der Waals surface area contributed by atoms with E-state index < -0.39 is 6.17 Å². The Morgan fingerprint density at radius 2 is 1.69 bits per heavy atom. The zero-order valence-corrected chi connectivity index (χ0v) is 10.9. The molecule has 0 aliphatic heterocycles. The van der Waals surface area contributed by atoms with Crippen LogP contribution in [-0.2, 0) is 0 Å². The maximum absolute atomic E-state index is 14.1. The van der Waals surface area contributed by atoms with Crippen molar-refractivity contribution < 1.29 is 4.39 Å². The third kappa shape index (κ3) is 2.78. The first-order chi connectivity index (χ1) is 7.70. The predicted octanol–water partition coefficient (Wildman–Crippen LogP) is 4.98. The van der Waals surface area contributed by atoms with Crippen molar-refractivity contribution in [1.29, 1.82) is 0 Å². The van der Waals surface area contributed by atoms with Gasteiger partial charge in [0.15, 0.2) is 0 Å². The molecule has 94 valence electrons. The molecule has 1 heteroatoms. The fourth-order valence-electron chi connectivity index (χ4n) is 3.89. The van der Waals surface area contributed by atoms with Gasteiger partial charge in [0.1, 0.15) is 6.17 Å². The van der Waals surface area contributed by atoms with Crippen molar-refractivity contribution in [3.63, 3.8) is 0 Å². The van der Waals surface area contributed by atoms with Crippen molar-refractivity contribution >= 4 is 0 Å². The summed E-state index contributed by atoms with van der Waals surface area (Å²) in [6.07, 6.45) is 9.41. The summed E-state index contributed by atoms with van der Waals surface area (Å²) in [7, 11) is 0. The van der Waals surface area contributed by atoms with Crippen molar-refractivity contribution in [3.8, 4) is 0 Å². The summed E-state index contributed by atoms with van der Waals surface area (Å²) in [4.78, 5) is 0. The van der Waals surface area contributed by atoms with Crippen molar-refractivity contribution in [2.75, 3.05) is 0 Å². The van der Waals surface area contributed by atoms with Gasteiger partial charge in [-0.1, -0.05) is 39.5 Å². The Bertz CT molecular complexity index is 205. The molecule has 0 spiro atoms. The van der Waals surface area contributed by atoms with Crippen LogP contribution in [0.25, 0.3) is 0 Å². The molecule has 3 atom stereocenters. The third-order valence-electron chi connectivity index (χ3n) is 5.16. The number of alkyl halides is 1. The maximum atomic E-state index is 14.1. The quantitative estimate of drug-likeness (QED) is 0.623. The summed E-state index contributed by atoms with van der Waals surface area (Å²) in [6, 6.07) is 0. The Kier molecular flexibility index (Phi) is 4.27. The van der Waals surface area contributed by atoms with Crippen LogP contribution in [0.1, 0.15) is 65.2 Å². The lowest BCUT2D eigenvalue weighted by Crippen LogP contribution is -2.33. The number of halogens is 1. The molecule has 0 heterocycles.